The van der Waals surface area contributed by atoms with E-state index in [1.54, 1.807) is 43.3 Å². The molecule has 3 aromatic carbocycles. The minimum absolute atomic E-state index is 0.297. The highest BCUT2D eigenvalue weighted by molar-refractivity contribution is 6.10. The van der Waals surface area contributed by atoms with Crippen LogP contribution in [0.4, 0.5) is 11.4 Å². The van der Waals surface area contributed by atoms with E-state index in [1.165, 1.54) is 0 Å². The van der Waals surface area contributed by atoms with Crippen LogP contribution in [0.2, 0.25) is 0 Å². The average Bonchev–Trinajstić information content (AvgIpc) is 2.70. The van der Waals surface area contributed by atoms with Crippen LogP contribution in [0.25, 0.3) is 0 Å². The quantitative estimate of drug-likeness (QED) is 0.660. The van der Waals surface area contributed by atoms with Crippen molar-refractivity contribution in [1.29, 1.82) is 0 Å². The second-order valence-electron chi connectivity index (χ2n) is 6.38. The first-order valence-electron chi connectivity index (χ1n) is 9.03. The van der Waals surface area contributed by atoms with Crippen LogP contribution in [0, 0.1) is 6.92 Å². The summed E-state index contributed by atoms with van der Waals surface area (Å²) in [6.07, 6.45) is -0.716. The SMILES string of the molecule is Cc1ccccc1OC(C)C(=O)Nc1ccccc1C(=O)Nc1ccccc1. The number of rotatable bonds is 6. The van der Waals surface area contributed by atoms with Gasteiger partial charge in [-0.05, 0) is 49.7 Å². The van der Waals surface area contributed by atoms with Gasteiger partial charge in [-0.25, -0.2) is 0 Å². The Hall–Kier alpha value is -3.60. The highest BCUT2D eigenvalue weighted by Gasteiger charge is 2.19. The fourth-order valence-corrected chi connectivity index (χ4v) is 2.68. The molecule has 0 aliphatic rings. The third-order valence-corrected chi connectivity index (χ3v) is 4.23. The highest BCUT2D eigenvalue weighted by Crippen LogP contribution is 2.20. The van der Waals surface area contributed by atoms with Crippen molar-refractivity contribution in [3.63, 3.8) is 0 Å². The van der Waals surface area contributed by atoms with Crippen molar-refractivity contribution in [2.75, 3.05) is 10.6 Å². The van der Waals surface area contributed by atoms with Gasteiger partial charge in [-0.15, -0.1) is 0 Å². The molecule has 0 bridgehead atoms. The molecule has 3 aromatic rings. The van der Waals surface area contributed by atoms with E-state index in [9.17, 15) is 9.59 Å². The first-order valence-corrected chi connectivity index (χ1v) is 9.03. The molecule has 5 heteroatoms. The molecule has 28 heavy (non-hydrogen) atoms. The summed E-state index contributed by atoms with van der Waals surface area (Å²) in [6.45, 7) is 3.59. The third-order valence-electron chi connectivity index (χ3n) is 4.23. The van der Waals surface area contributed by atoms with E-state index >= 15 is 0 Å². The van der Waals surface area contributed by atoms with Crippen molar-refractivity contribution >= 4 is 23.2 Å². The standard InChI is InChI=1S/C23H22N2O3/c1-16-10-6-9-15-21(16)28-17(2)22(26)25-20-14-8-7-13-19(20)23(27)24-18-11-4-3-5-12-18/h3-15,17H,1-2H3,(H,24,27)(H,25,26). The van der Waals surface area contributed by atoms with Crippen molar-refractivity contribution in [3.05, 3.63) is 90.0 Å². The first-order chi connectivity index (χ1) is 13.5. The van der Waals surface area contributed by atoms with Crippen LogP contribution in [0.3, 0.4) is 0 Å². The lowest BCUT2D eigenvalue weighted by molar-refractivity contribution is -0.122. The zero-order valence-electron chi connectivity index (χ0n) is 15.8. The number of benzene rings is 3. The van der Waals surface area contributed by atoms with Gasteiger partial charge >= 0.3 is 0 Å². The lowest BCUT2D eigenvalue weighted by atomic mass is 10.1. The first kappa shape index (κ1) is 19.2. The van der Waals surface area contributed by atoms with Crippen LogP contribution < -0.4 is 15.4 Å². The Kier molecular flexibility index (Phi) is 6.07. The summed E-state index contributed by atoms with van der Waals surface area (Å²) in [4.78, 5) is 25.2. The summed E-state index contributed by atoms with van der Waals surface area (Å²) >= 11 is 0. The molecule has 0 fully saturated rings. The molecule has 0 saturated heterocycles. The van der Waals surface area contributed by atoms with Crippen LogP contribution in [-0.4, -0.2) is 17.9 Å². The molecule has 2 N–H and O–H groups in total. The van der Waals surface area contributed by atoms with Crippen LogP contribution >= 0.6 is 0 Å². The second kappa shape index (κ2) is 8.86. The van der Waals surface area contributed by atoms with Gasteiger partial charge in [0.1, 0.15) is 5.75 Å². The number of carbonyl (C=O) groups is 2. The van der Waals surface area contributed by atoms with Gasteiger partial charge in [-0.1, -0.05) is 48.5 Å². The smallest absolute Gasteiger partial charge is 0.265 e. The summed E-state index contributed by atoms with van der Waals surface area (Å²) in [5, 5.41) is 5.62. The van der Waals surface area contributed by atoms with E-state index in [0.29, 0.717) is 22.7 Å². The molecule has 0 spiro atoms. The summed E-state index contributed by atoms with van der Waals surface area (Å²) in [6, 6.07) is 23.5. The molecule has 0 radical (unpaired) electrons. The molecular weight excluding hydrogens is 352 g/mol. The Morgan fingerprint density at radius 2 is 1.46 bits per heavy atom. The van der Waals surface area contributed by atoms with E-state index in [2.05, 4.69) is 10.6 Å². The van der Waals surface area contributed by atoms with Crippen LogP contribution in [0.5, 0.6) is 5.75 Å². The topological polar surface area (TPSA) is 67.4 Å². The zero-order chi connectivity index (χ0) is 19.9. The average molecular weight is 374 g/mol. The van der Waals surface area contributed by atoms with Crippen molar-refractivity contribution in [2.45, 2.75) is 20.0 Å². The predicted molar refractivity (Wildman–Crippen MR) is 111 cm³/mol. The summed E-state index contributed by atoms with van der Waals surface area (Å²) in [5.74, 6) is 0.0260. The van der Waals surface area contributed by atoms with E-state index < -0.39 is 6.10 Å². The Bertz CT molecular complexity index is 970. The number of para-hydroxylation sites is 3. The predicted octanol–water partition coefficient (Wildman–Crippen LogP) is 4.65. The Morgan fingerprint density at radius 1 is 0.821 bits per heavy atom. The Balaban J connectivity index is 1.71. The van der Waals surface area contributed by atoms with Crippen molar-refractivity contribution in [2.24, 2.45) is 0 Å². The Labute approximate surface area is 164 Å². The molecule has 1 unspecified atom stereocenters. The molecule has 0 heterocycles. The molecular formula is C23H22N2O3. The van der Waals surface area contributed by atoms with Gasteiger partial charge in [0, 0.05) is 5.69 Å². The molecule has 3 rings (SSSR count). The Morgan fingerprint density at radius 3 is 2.21 bits per heavy atom. The lowest BCUT2D eigenvalue weighted by Crippen LogP contribution is -2.31. The largest absolute Gasteiger partial charge is 0.481 e. The molecule has 0 saturated carbocycles. The van der Waals surface area contributed by atoms with Gasteiger partial charge in [0.25, 0.3) is 11.8 Å². The second-order valence-corrected chi connectivity index (χ2v) is 6.38. The molecule has 5 nitrogen and oxygen atoms in total. The number of anilines is 2. The molecule has 0 aliphatic carbocycles. The number of carbonyl (C=O) groups excluding carboxylic acids is 2. The van der Waals surface area contributed by atoms with Crippen LogP contribution in [-0.2, 0) is 4.79 Å². The normalized spacial score (nSPS) is 11.4. The van der Waals surface area contributed by atoms with E-state index in [-0.39, 0.29) is 11.8 Å². The molecule has 142 valence electrons. The van der Waals surface area contributed by atoms with Gasteiger partial charge in [-0.2, -0.15) is 0 Å². The molecule has 0 aliphatic heterocycles. The summed E-state index contributed by atoms with van der Waals surface area (Å²) in [5.41, 5.74) is 2.44. The van der Waals surface area contributed by atoms with Crippen molar-refractivity contribution < 1.29 is 14.3 Å². The fourth-order valence-electron chi connectivity index (χ4n) is 2.68. The number of nitrogens with one attached hydrogen (secondary N) is 2. The maximum atomic E-state index is 12.6. The fraction of sp³-hybridized carbons (Fsp3) is 0.130. The van der Waals surface area contributed by atoms with Crippen molar-refractivity contribution in [3.8, 4) is 5.75 Å². The molecule has 0 aromatic heterocycles. The van der Waals surface area contributed by atoms with Gasteiger partial charge in [0.05, 0.1) is 11.3 Å². The molecule has 1 atom stereocenters. The number of amides is 2. The third kappa shape index (κ3) is 4.76. The van der Waals surface area contributed by atoms with Gasteiger partial charge in [0.2, 0.25) is 0 Å². The maximum absolute atomic E-state index is 12.6. The van der Waals surface area contributed by atoms with E-state index in [0.717, 1.165) is 5.56 Å². The van der Waals surface area contributed by atoms with E-state index in [4.69, 9.17) is 4.74 Å². The summed E-state index contributed by atoms with van der Waals surface area (Å²) in [7, 11) is 0. The zero-order valence-corrected chi connectivity index (χ0v) is 15.8. The van der Waals surface area contributed by atoms with Gasteiger partial charge < -0.3 is 15.4 Å². The van der Waals surface area contributed by atoms with Gasteiger partial charge in [-0.3, -0.25) is 9.59 Å². The van der Waals surface area contributed by atoms with E-state index in [1.807, 2.05) is 49.4 Å². The molecule has 2 amide bonds. The van der Waals surface area contributed by atoms with Crippen LogP contribution in [0.15, 0.2) is 78.9 Å². The number of hydrogen-bond donors (Lipinski definition) is 2. The monoisotopic (exact) mass is 374 g/mol. The summed E-state index contributed by atoms with van der Waals surface area (Å²) < 4.78 is 5.76. The van der Waals surface area contributed by atoms with Crippen molar-refractivity contribution in [1.82, 2.24) is 0 Å². The maximum Gasteiger partial charge on any atom is 0.265 e. The number of hydrogen-bond acceptors (Lipinski definition) is 3. The lowest BCUT2D eigenvalue weighted by Gasteiger charge is -2.17. The van der Waals surface area contributed by atoms with Crippen LogP contribution in [0.1, 0.15) is 22.8 Å². The minimum atomic E-state index is -0.716. The number of ether oxygens (including phenoxy) is 1. The minimum Gasteiger partial charge on any atom is -0.481 e. The number of aryl methyl sites for hydroxylation is 1. The van der Waals surface area contributed by atoms with Gasteiger partial charge in [0.15, 0.2) is 6.10 Å². The highest BCUT2D eigenvalue weighted by atomic mass is 16.5.